The van der Waals surface area contributed by atoms with Gasteiger partial charge < -0.3 is 25.2 Å². The summed E-state index contributed by atoms with van der Waals surface area (Å²) in [5, 5.41) is 36.7. The molecule has 0 bridgehead atoms. The minimum absolute atomic E-state index is 0.407. The zero-order chi connectivity index (χ0) is 10.0. The maximum Gasteiger partial charge on any atom is 0.112 e. The van der Waals surface area contributed by atoms with Gasteiger partial charge >= 0.3 is 0 Å². The van der Waals surface area contributed by atoms with Crippen molar-refractivity contribution >= 4 is 0 Å². The fraction of sp³-hybridized carbons (Fsp3) is 0.750. The Hall–Kier alpha value is -0.460. The lowest BCUT2D eigenvalue weighted by atomic mass is 9.95. The van der Waals surface area contributed by atoms with Crippen LogP contribution in [-0.2, 0) is 4.74 Å². The number of aliphatic hydroxyl groups is 4. The predicted octanol–water partition coefficient (Wildman–Crippen LogP) is -1.99. The van der Waals surface area contributed by atoms with Crippen LogP contribution < -0.4 is 0 Å². The highest BCUT2D eigenvalue weighted by Gasteiger charge is 2.41. The van der Waals surface area contributed by atoms with Crippen LogP contribution in [0, 0.1) is 0 Å². The van der Waals surface area contributed by atoms with Gasteiger partial charge in [0.05, 0.1) is 6.61 Å². The highest BCUT2D eigenvalue weighted by Crippen LogP contribution is 2.21. The number of hydrogen-bond acceptors (Lipinski definition) is 5. The van der Waals surface area contributed by atoms with E-state index in [9.17, 15) is 15.3 Å². The SMILES string of the molecule is C=C[C@@H]1O[C@H](CO)[C@@H](O)[C@H](O)[C@@H]1O. The smallest absolute Gasteiger partial charge is 0.112 e. The molecule has 1 saturated heterocycles. The van der Waals surface area contributed by atoms with Gasteiger partial charge in [-0.15, -0.1) is 6.58 Å². The highest BCUT2D eigenvalue weighted by molar-refractivity contribution is 4.98. The van der Waals surface area contributed by atoms with Crippen molar-refractivity contribution in [3.8, 4) is 0 Å². The van der Waals surface area contributed by atoms with E-state index in [0.717, 1.165) is 0 Å². The highest BCUT2D eigenvalue weighted by atomic mass is 16.5. The molecule has 1 aliphatic rings. The molecule has 4 N–H and O–H groups in total. The summed E-state index contributed by atoms with van der Waals surface area (Å²) in [6.07, 6.45) is -4.08. The Morgan fingerprint density at radius 2 is 1.77 bits per heavy atom. The Bertz CT molecular complexity index is 181. The maximum absolute atomic E-state index is 9.33. The lowest BCUT2D eigenvalue weighted by Crippen LogP contribution is -2.57. The monoisotopic (exact) mass is 190 g/mol. The van der Waals surface area contributed by atoms with Crippen LogP contribution in [0.1, 0.15) is 0 Å². The zero-order valence-electron chi connectivity index (χ0n) is 7.08. The molecule has 0 aromatic rings. The quantitative estimate of drug-likeness (QED) is 0.379. The molecule has 5 atom stereocenters. The van der Waals surface area contributed by atoms with Crippen molar-refractivity contribution in [3.63, 3.8) is 0 Å². The van der Waals surface area contributed by atoms with Gasteiger partial charge in [-0.1, -0.05) is 6.08 Å². The third-order valence-corrected chi connectivity index (χ3v) is 2.16. The molecule has 0 saturated carbocycles. The van der Waals surface area contributed by atoms with Crippen LogP contribution in [0.2, 0.25) is 0 Å². The summed E-state index contributed by atoms with van der Waals surface area (Å²) < 4.78 is 5.05. The Morgan fingerprint density at radius 3 is 2.23 bits per heavy atom. The normalized spacial score (nSPS) is 46.0. The first-order chi connectivity index (χ1) is 6.11. The summed E-state index contributed by atoms with van der Waals surface area (Å²) >= 11 is 0. The number of aliphatic hydroxyl groups excluding tert-OH is 4. The average Bonchev–Trinajstić information content (AvgIpc) is 2.15. The fourth-order valence-electron chi connectivity index (χ4n) is 1.33. The van der Waals surface area contributed by atoms with Crippen molar-refractivity contribution < 1.29 is 25.2 Å². The summed E-state index contributed by atoms with van der Waals surface area (Å²) in [6, 6.07) is 0. The van der Waals surface area contributed by atoms with Crippen molar-refractivity contribution in [2.24, 2.45) is 0 Å². The molecule has 0 radical (unpaired) electrons. The minimum Gasteiger partial charge on any atom is -0.394 e. The van der Waals surface area contributed by atoms with Crippen LogP contribution in [0.15, 0.2) is 12.7 Å². The molecule has 0 aromatic carbocycles. The molecular formula is C8H14O5. The second-order valence-corrected chi connectivity index (χ2v) is 3.03. The first-order valence-corrected chi connectivity index (χ1v) is 4.05. The van der Waals surface area contributed by atoms with E-state index < -0.39 is 37.1 Å². The molecule has 5 heteroatoms. The zero-order valence-corrected chi connectivity index (χ0v) is 7.08. The van der Waals surface area contributed by atoms with Crippen molar-refractivity contribution in [3.05, 3.63) is 12.7 Å². The predicted molar refractivity (Wildman–Crippen MR) is 44.0 cm³/mol. The first-order valence-electron chi connectivity index (χ1n) is 4.05. The van der Waals surface area contributed by atoms with Crippen LogP contribution >= 0.6 is 0 Å². The van der Waals surface area contributed by atoms with E-state index in [1.165, 1.54) is 6.08 Å². The Labute approximate surface area is 75.9 Å². The molecule has 0 unspecified atom stereocenters. The van der Waals surface area contributed by atoms with E-state index >= 15 is 0 Å². The molecule has 13 heavy (non-hydrogen) atoms. The fourth-order valence-corrected chi connectivity index (χ4v) is 1.33. The summed E-state index contributed by atoms with van der Waals surface area (Å²) in [5.74, 6) is 0. The van der Waals surface area contributed by atoms with Gasteiger partial charge in [0.1, 0.15) is 30.5 Å². The molecule has 0 aliphatic carbocycles. The average molecular weight is 190 g/mol. The van der Waals surface area contributed by atoms with Gasteiger partial charge in [-0.05, 0) is 0 Å². The third kappa shape index (κ3) is 1.90. The van der Waals surface area contributed by atoms with E-state index in [-0.39, 0.29) is 0 Å². The van der Waals surface area contributed by atoms with Crippen LogP contribution in [0.25, 0.3) is 0 Å². The van der Waals surface area contributed by atoms with Crippen LogP contribution in [0.4, 0.5) is 0 Å². The van der Waals surface area contributed by atoms with Gasteiger partial charge in [-0.3, -0.25) is 0 Å². The van der Waals surface area contributed by atoms with E-state index in [1.807, 2.05) is 0 Å². The molecule has 0 aromatic heterocycles. The van der Waals surface area contributed by atoms with E-state index in [2.05, 4.69) is 6.58 Å². The Morgan fingerprint density at radius 1 is 1.15 bits per heavy atom. The first kappa shape index (κ1) is 10.6. The summed E-state index contributed by atoms with van der Waals surface area (Å²) in [7, 11) is 0. The topological polar surface area (TPSA) is 90.2 Å². The third-order valence-electron chi connectivity index (χ3n) is 2.16. The van der Waals surface area contributed by atoms with Gasteiger partial charge in [0, 0.05) is 0 Å². The van der Waals surface area contributed by atoms with Gasteiger partial charge in [0.2, 0.25) is 0 Å². The van der Waals surface area contributed by atoms with Gasteiger partial charge in [0.15, 0.2) is 0 Å². The molecule has 1 fully saturated rings. The summed E-state index contributed by atoms with van der Waals surface area (Å²) in [5.41, 5.74) is 0. The molecular weight excluding hydrogens is 176 g/mol. The van der Waals surface area contributed by atoms with Crippen LogP contribution in [0.3, 0.4) is 0 Å². The second kappa shape index (κ2) is 4.17. The number of ether oxygens (including phenoxy) is 1. The lowest BCUT2D eigenvalue weighted by molar-refractivity contribution is -0.216. The molecule has 0 amide bonds. The van der Waals surface area contributed by atoms with Crippen molar-refractivity contribution in [1.82, 2.24) is 0 Å². The van der Waals surface area contributed by atoms with Gasteiger partial charge in [0.25, 0.3) is 0 Å². The maximum atomic E-state index is 9.33. The van der Waals surface area contributed by atoms with Crippen molar-refractivity contribution in [2.75, 3.05) is 6.61 Å². The van der Waals surface area contributed by atoms with Crippen molar-refractivity contribution in [2.45, 2.75) is 30.5 Å². The largest absolute Gasteiger partial charge is 0.394 e. The number of rotatable bonds is 2. The van der Waals surface area contributed by atoms with Crippen LogP contribution in [0.5, 0.6) is 0 Å². The van der Waals surface area contributed by atoms with Crippen molar-refractivity contribution in [1.29, 1.82) is 0 Å². The Kier molecular flexibility index (Phi) is 3.40. The molecule has 1 heterocycles. The van der Waals surface area contributed by atoms with E-state index in [0.29, 0.717) is 0 Å². The standard InChI is InChI=1S/C8H14O5/c1-2-4-6(10)8(12)7(11)5(3-9)13-4/h2,4-12H,1,3H2/t4-,5+,6+,7+,8+/m0/s1. The minimum atomic E-state index is -1.31. The summed E-state index contributed by atoms with van der Waals surface area (Å²) in [6.45, 7) is 3.00. The lowest BCUT2D eigenvalue weighted by Gasteiger charge is -2.38. The van der Waals surface area contributed by atoms with Gasteiger partial charge in [-0.25, -0.2) is 0 Å². The molecule has 1 aliphatic heterocycles. The summed E-state index contributed by atoms with van der Waals surface area (Å²) in [4.78, 5) is 0. The van der Waals surface area contributed by atoms with E-state index in [4.69, 9.17) is 9.84 Å². The number of hydrogen-bond donors (Lipinski definition) is 4. The Balaban J connectivity index is 2.71. The molecule has 0 spiro atoms. The second-order valence-electron chi connectivity index (χ2n) is 3.03. The molecule has 5 nitrogen and oxygen atoms in total. The van der Waals surface area contributed by atoms with Crippen LogP contribution in [-0.4, -0.2) is 57.6 Å². The van der Waals surface area contributed by atoms with E-state index in [1.54, 1.807) is 0 Å². The molecule has 76 valence electrons. The van der Waals surface area contributed by atoms with Gasteiger partial charge in [-0.2, -0.15) is 0 Å². The molecule has 1 rings (SSSR count).